The van der Waals surface area contributed by atoms with E-state index in [1.165, 1.54) is 19.2 Å². The van der Waals surface area contributed by atoms with Gasteiger partial charge in [-0.25, -0.2) is 14.4 Å². The number of hydrogen-bond donors (Lipinski definition) is 2. The molecular weight excluding hydrogens is 487 g/mol. The Hall–Kier alpha value is -3.92. The van der Waals surface area contributed by atoms with Gasteiger partial charge in [-0.15, -0.1) is 0 Å². The summed E-state index contributed by atoms with van der Waals surface area (Å²) in [4.78, 5) is 19.5. The van der Waals surface area contributed by atoms with Crippen LogP contribution in [-0.2, 0) is 6.54 Å². The van der Waals surface area contributed by atoms with Crippen molar-refractivity contribution >= 4 is 34.1 Å². The van der Waals surface area contributed by atoms with E-state index < -0.39 is 5.82 Å². The lowest BCUT2D eigenvalue weighted by molar-refractivity contribution is 0.319. The first-order valence-corrected chi connectivity index (χ1v) is 11.9. The third kappa shape index (κ3) is 3.78. The summed E-state index contributed by atoms with van der Waals surface area (Å²) in [6.07, 6.45) is 3.49. The van der Waals surface area contributed by atoms with E-state index in [-0.39, 0.29) is 41.4 Å². The lowest BCUT2D eigenvalue weighted by Crippen LogP contribution is -2.28. The first-order chi connectivity index (χ1) is 17.4. The van der Waals surface area contributed by atoms with E-state index in [0.29, 0.717) is 40.7 Å². The Labute approximate surface area is 210 Å². The number of rotatable bonds is 5. The van der Waals surface area contributed by atoms with Gasteiger partial charge in [0.05, 0.1) is 13.7 Å². The fourth-order valence-electron chi connectivity index (χ4n) is 4.60. The molecule has 0 unspecified atom stereocenters. The molecule has 3 aromatic heterocycles. The summed E-state index contributed by atoms with van der Waals surface area (Å²) in [5.74, 6) is 0.442. The van der Waals surface area contributed by atoms with Gasteiger partial charge in [-0.2, -0.15) is 9.97 Å². The van der Waals surface area contributed by atoms with Crippen LogP contribution in [-0.4, -0.2) is 45.3 Å². The van der Waals surface area contributed by atoms with Crippen LogP contribution < -0.4 is 20.1 Å². The van der Waals surface area contributed by atoms with Crippen LogP contribution in [0.2, 0.25) is 5.02 Å². The molecule has 0 spiro atoms. The van der Waals surface area contributed by atoms with Crippen LogP contribution in [0.25, 0.3) is 22.2 Å². The molecule has 0 amide bonds. The molecule has 9 nitrogen and oxygen atoms in total. The second-order valence-electron chi connectivity index (χ2n) is 8.82. The van der Waals surface area contributed by atoms with Crippen LogP contribution in [0.15, 0.2) is 30.5 Å². The summed E-state index contributed by atoms with van der Waals surface area (Å²) in [6, 6.07) is 6.63. The zero-order valence-corrected chi connectivity index (χ0v) is 20.1. The number of pyridine rings is 2. The molecule has 11 heteroatoms. The molecule has 1 fully saturated rings. The minimum absolute atomic E-state index is 0.00177. The molecule has 0 bridgehead atoms. The van der Waals surface area contributed by atoms with Crippen LogP contribution in [0.3, 0.4) is 0 Å². The van der Waals surface area contributed by atoms with E-state index in [4.69, 9.17) is 26.8 Å². The number of anilines is 2. The van der Waals surface area contributed by atoms with E-state index in [0.717, 1.165) is 24.0 Å². The molecule has 1 aliphatic carbocycles. The number of nitrogens with zero attached hydrogens (tertiary/aromatic N) is 5. The summed E-state index contributed by atoms with van der Waals surface area (Å²) in [5, 5.41) is 11.0. The van der Waals surface area contributed by atoms with Gasteiger partial charge in [0, 0.05) is 28.9 Å². The summed E-state index contributed by atoms with van der Waals surface area (Å²) >= 11 is 6.47. The maximum atomic E-state index is 16.2. The molecule has 1 aromatic carbocycles. The Balaban J connectivity index is 1.58. The number of benzene rings is 1. The third-order valence-electron chi connectivity index (χ3n) is 6.44. The molecule has 3 N–H and O–H groups in total. The molecule has 2 aliphatic rings. The molecule has 0 atom stereocenters. The minimum Gasteiger partial charge on any atom is -0.508 e. The fraction of sp³-hybridized carbons (Fsp3) is 0.280. The minimum atomic E-state index is -0.675. The van der Waals surface area contributed by atoms with Crippen LogP contribution in [0.4, 0.5) is 16.0 Å². The predicted molar refractivity (Wildman–Crippen MR) is 133 cm³/mol. The van der Waals surface area contributed by atoms with Crippen molar-refractivity contribution in [2.24, 2.45) is 0 Å². The average molecular weight is 509 g/mol. The van der Waals surface area contributed by atoms with Crippen LogP contribution in [0.5, 0.6) is 17.6 Å². The Kier molecular flexibility index (Phi) is 5.40. The van der Waals surface area contributed by atoms with Gasteiger partial charge in [0.2, 0.25) is 5.88 Å². The second kappa shape index (κ2) is 8.63. The molecule has 0 radical (unpaired) electrons. The first-order valence-electron chi connectivity index (χ1n) is 11.5. The van der Waals surface area contributed by atoms with Gasteiger partial charge in [-0.1, -0.05) is 17.7 Å². The Morgan fingerprint density at radius 3 is 2.86 bits per heavy atom. The number of halogens is 2. The van der Waals surface area contributed by atoms with Crippen molar-refractivity contribution in [3.63, 3.8) is 0 Å². The average Bonchev–Trinajstić information content (AvgIpc) is 3.71. The number of nitrogen functional groups attached to an aromatic ring is 1. The largest absolute Gasteiger partial charge is 0.508 e. The summed E-state index contributed by atoms with van der Waals surface area (Å²) in [5.41, 5.74) is 8.06. The zero-order valence-electron chi connectivity index (χ0n) is 19.3. The van der Waals surface area contributed by atoms with E-state index in [1.807, 2.05) is 11.0 Å². The monoisotopic (exact) mass is 508 g/mol. The van der Waals surface area contributed by atoms with Crippen molar-refractivity contribution in [2.75, 3.05) is 30.9 Å². The number of aromatic nitrogens is 4. The molecule has 1 aliphatic heterocycles. The van der Waals surface area contributed by atoms with Gasteiger partial charge >= 0.3 is 6.01 Å². The van der Waals surface area contributed by atoms with Crippen LogP contribution >= 0.6 is 11.6 Å². The first kappa shape index (κ1) is 22.5. The van der Waals surface area contributed by atoms with Crippen molar-refractivity contribution in [3.05, 3.63) is 52.4 Å². The van der Waals surface area contributed by atoms with Crippen molar-refractivity contribution < 1.29 is 19.0 Å². The van der Waals surface area contributed by atoms with E-state index in [9.17, 15) is 5.11 Å². The lowest BCUT2D eigenvalue weighted by atomic mass is 9.98. The van der Waals surface area contributed by atoms with Crippen molar-refractivity contribution in [1.29, 1.82) is 0 Å². The van der Waals surface area contributed by atoms with Crippen LogP contribution in [0.1, 0.15) is 29.9 Å². The number of nitrogens with two attached hydrogens (primary N) is 1. The lowest BCUT2D eigenvalue weighted by Gasteiger charge is -2.23. The highest BCUT2D eigenvalue weighted by atomic mass is 35.5. The number of methoxy groups -OCH3 is 1. The van der Waals surface area contributed by atoms with Gasteiger partial charge in [0.25, 0.3) is 0 Å². The van der Waals surface area contributed by atoms with Crippen molar-refractivity contribution in [2.45, 2.75) is 25.3 Å². The molecular formula is C25H22ClFN6O3. The summed E-state index contributed by atoms with van der Waals surface area (Å²) < 4.78 is 27.6. The smallest absolute Gasteiger partial charge is 0.318 e. The maximum Gasteiger partial charge on any atom is 0.318 e. The Bertz CT molecular complexity index is 1510. The standard InChI is InChI=1S/C25H22ClFN6O3/c1-35-25-31-21-18-23(32-25)33(11-13-3-2-6-29-22(13)28)7-8-36-24(18)30-20(19(21)27)15-9-14(34)10-16(26)17(15)12-4-5-12/h2-3,6,9-10,12,34H,4-5,7-8,11H2,1H3,(H2,28,29). The molecule has 1 saturated carbocycles. The van der Waals surface area contributed by atoms with E-state index >= 15 is 4.39 Å². The number of ether oxygens (including phenoxy) is 2. The summed E-state index contributed by atoms with van der Waals surface area (Å²) in [6.45, 7) is 1.07. The van der Waals surface area contributed by atoms with Crippen molar-refractivity contribution in [3.8, 4) is 28.9 Å². The highest BCUT2D eigenvalue weighted by molar-refractivity contribution is 6.32. The Morgan fingerprint density at radius 1 is 1.28 bits per heavy atom. The normalized spacial score (nSPS) is 15.0. The van der Waals surface area contributed by atoms with Gasteiger partial charge in [0.15, 0.2) is 5.82 Å². The van der Waals surface area contributed by atoms with E-state index in [1.54, 1.807) is 12.3 Å². The molecule has 4 heterocycles. The van der Waals surface area contributed by atoms with Gasteiger partial charge in [-0.05, 0) is 42.5 Å². The second-order valence-corrected chi connectivity index (χ2v) is 9.23. The van der Waals surface area contributed by atoms with E-state index in [2.05, 4.69) is 19.9 Å². The van der Waals surface area contributed by atoms with Gasteiger partial charge in [-0.3, -0.25) is 0 Å². The topological polar surface area (TPSA) is 120 Å². The fourth-order valence-corrected chi connectivity index (χ4v) is 4.96. The molecule has 36 heavy (non-hydrogen) atoms. The van der Waals surface area contributed by atoms with Crippen molar-refractivity contribution in [1.82, 2.24) is 19.9 Å². The highest BCUT2D eigenvalue weighted by Gasteiger charge is 2.33. The molecule has 4 aromatic rings. The SMILES string of the molecule is COc1nc2c3c(nc(-c4cc(O)cc(Cl)c4C4CC4)c(F)c3n1)OCCN2Cc1cccnc1N. The Morgan fingerprint density at radius 2 is 2.11 bits per heavy atom. The third-order valence-corrected chi connectivity index (χ3v) is 6.75. The quantitative estimate of drug-likeness (QED) is 0.402. The molecule has 6 rings (SSSR count). The van der Waals surface area contributed by atoms with Gasteiger partial charge in [0.1, 0.15) is 40.6 Å². The highest BCUT2D eigenvalue weighted by Crippen LogP contribution is 2.50. The molecule has 0 saturated heterocycles. The van der Waals surface area contributed by atoms with Gasteiger partial charge < -0.3 is 25.2 Å². The number of phenols is 1. The summed E-state index contributed by atoms with van der Waals surface area (Å²) in [7, 11) is 1.42. The maximum absolute atomic E-state index is 16.2. The van der Waals surface area contributed by atoms with Crippen LogP contribution in [0, 0.1) is 5.82 Å². The number of aromatic hydroxyl groups is 1. The number of hydrogen-bond acceptors (Lipinski definition) is 9. The molecule has 184 valence electrons. The predicted octanol–water partition coefficient (Wildman–Crippen LogP) is 4.45. The zero-order chi connectivity index (χ0) is 25.0. The number of phenolic OH excluding ortho intramolecular Hbond substituents is 1.